The summed E-state index contributed by atoms with van der Waals surface area (Å²) >= 11 is 5.89. The van der Waals surface area contributed by atoms with Gasteiger partial charge in [0.25, 0.3) is 0 Å². The van der Waals surface area contributed by atoms with Crippen LogP contribution in [-0.4, -0.2) is 35.2 Å². The molecule has 1 aromatic rings. The maximum Gasteiger partial charge on any atom is 0.330 e. The molecule has 5 nitrogen and oxygen atoms in total. The van der Waals surface area contributed by atoms with Crippen molar-refractivity contribution in [2.24, 2.45) is 11.3 Å². The van der Waals surface area contributed by atoms with Crippen LogP contribution >= 0.6 is 11.6 Å². The standard InChI is InChI=1S/C20H28ClNO4/c1-5-26-16-12-20(18(24)25,19(16,3)4)22-17(23)11-13(2)10-14-6-8-15(21)9-7-14/h6-9,13,16H,5,10-12H2,1-4H3,(H,22,23)(H,24,25). The lowest BCUT2D eigenvalue weighted by Crippen LogP contribution is -2.76. The van der Waals surface area contributed by atoms with E-state index in [2.05, 4.69) is 5.32 Å². The van der Waals surface area contributed by atoms with E-state index in [0.29, 0.717) is 18.1 Å². The van der Waals surface area contributed by atoms with E-state index < -0.39 is 16.9 Å². The first-order valence-electron chi connectivity index (χ1n) is 9.03. The number of aliphatic carboxylic acids is 1. The van der Waals surface area contributed by atoms with Crippen LogP contribution in [0.2, 0.25) is 5.02 Å². The summed E-state index contributed by atoms with van der Waals surface area (Å²) in [6.45, 7) is 8.06. The van der Waals surface area contributed by atoms with Crippen LogP contribution in [-0.2, 0) is 20.7 Å². The fourth-order valence-electron chi connectivity index (χ4n) is 3.74. The molecule has 26 heavy (non-hydrogen) atoms. The van der Waals surface area contributed by atoms with Crippen LogP contribution in [0.25, 0.3) is 0 Å². The van der Waals surface area contributed by atoms with Gasteiger partial charge in [-0.2, -0.15) is 0 Å². The van der Waals surface area contributed by atoms with Gasteiger partial charge in [0.15, 0.2) is 0 Å². The van der Waals surface area contributed by atoms with Crippen LogP contribution in [0.15, 0.2) is 24.3 Å². The Morgan fingerprint density at radius 1 is 1.35 bits per heavy atom. The van der Waals surface area contributed by atoms with E-state index >= 15 is 0 Å². The number of carboxylic acids is 1. The van der Waals surface area contributed by atoms with E-state index in [-0.39, 0.29) is 24.3 Å². The quantitative estimate of drug-likeness (QED) is 0.720. The Morgan fingerprint density at radius 2 is 1.96 bits per heavy atom. The van der Waals surface area contributed by atoms with Crippen molar-refractivity contribution in [1.82, 2.24) is 5.32 Å². The number of carbonyl (C=O) groups excluding carboxylic acids is 1. The van der Waals surface area contributed by atoms with Crippen LogP contribution in [0, 0.1) is 11.3 Å². The number of carbonyl (C=O) groups is 2. The number of hydrogen-bond acceptors (Lipinski definition) is 3. The number of carboxylic acid groups (broad SMARTS) is 1. The molecule has 0 aliphatic heterocycles. The number of ether oxygens (including phenoxy) is 1. The van der Waals surface area contributed by atoms with Crippen molar-refractivity contribution in [1.29, 1.82) is 0 Å². The zero-order valence-corrected chi connectivity index (χ0v) is 16.6. The lowest BCUT2D eigenvalue weighted by molar-refractivity contribution is -0.194. The Bertz CT molecular complexity index is 658. The van der Waals surface area contributed by atoms with Crippen molar-refractivity contribution in [2.75, 3.05) is 6.61 Å². The van der Waals surface area contributed by atoms with E-state index in [4.69, 9.17) is 16.3 Å². The highest BCUT2D eigenvalue weighted by atomic mass is 35.5. The Labute approximate surface area is 160 Å². The number of nitrogens with one attached hydrogen (secondary N) is 1. The van der Waals surface area contributed by atoms with Gasteiger partial charge in [-0.05, 0) is 37.0 Å². The molecule has 1 aliphatic carbocycles. The molecule has 1 aromatic carbocycles. The molecular formula is C20H28ClNO4. The van der Waals surface area contributed by atoms with E-state index in [1.54, 1.807) is 0 Å². The highest BCUT2D eigenvalue weighted by Gasteiger charge is 2.66. The smallest absolute Gasteiger partial charge is 0.330 e. The topological polar surface area (TPSA) is 75.6 Å². The van der Waals surface area contributed by atoms with Crippen molar-refractivity contribution in [3.05, 3.63) is 34.9 Å². The van der Waals surface area contributed by atoms with Gasteiger partial charge in [0, 0.05) is 29.9 Å². The minimum absolute atomic E-state index is 0.0906. The molecule has 1 aliphatic rings. The van der Waals surface area contributed by atoms with Crippen molar-refractivity contribution in [3.63, 3.8) is 0 Å². The summed E-state index contributed by atoms with van der Waals surface area (Å²) < 4.78 is 5.62. The lowest BCUT2D eigenvalue weighted by atomic mass is 9.54. The second-order valence-corrected chi connectivity index (χ2v) is 8.20. The Kier molecular flexibility index (Phi) is 6.35. The molecule has 6 heteroatoms. The summed E-state index contributed by atoms with van der Waals surface area (Å²) in [5.74, 6) is -1.15. The highest BCUT2D eigenvalue weighted by molar-refractivity contribution is 6.30. The summed E-state index contributed by atoms with van der Waals surface area (Å²) in [5.41, 5.74) is -0.837. The largest absolute Gasteiger partial charge is 0.479 e. The molecular weight excluding hydrogens is 354 g/mol. The Hall–Kier alpha value is -1.59. The molecule has 0 radical (unpaired) electrons. The molecule has 0 heterocycles. The van der Waals surface area contributed by atoms with Gasteiger partial charge in [0.1, 0.15) is 5.54 Å². The third-order valence-corrected chi connectivity index (χ3v) is 5.77. The number of hydrogen-bond donors (Lipinski definition) is 2. The maximum atomic E-state index is 12.5. The molecule has 144 valence electrons. The van der Waals surface area contributed by atoms with Crippen LogP contribution in [0.3, 0.4) is 0 Å². The predicted molar refractivity (Wildman–Crippen MR) is 101 cm³/mol. The predicted octanol–water partition coefficient (Wildman–Crippen LogP) is 3.68. The van der Waals surface area contributed by atoms with E-state index in [1.807, 2.05) is 52.0 Å². The van der Waals surface area contributed by atoms with Gasteiger partial charge in [-0.3, -0.25) is 4.79 Å². The fourth-order valence-corrected chi connectivity index (χ4v) is 3.86. The summed E-state index contributed by atoms with van der Waals surface area (Å²) in [6.07, 6.45) is 1.12. The third-order valence-electron chi connectivity index (χ3n) is 5.51. The first-order chi connectivity index (χ1) is 12.1. The van der Waals surface area contributed by atoms with Gasteiger partial charge in [-0.1, -0.05) is 44.5 Å². The molecule has 1 fully saturated rings. The van der Waals surface area contributed by atoms with Crippen LogP contribution in [0.4, 0.5) is 0 Å². The summed E-state index contributed by atoms with van der Waals surface area (Å²) in [4.78, 5) is 24.5. The van der Waals surface area contributed by atoms with E-state index in [1.165, 1.54) is 0 Å². The minimum atomic E-state index is -1.27. The number of amides is 1. The summed E-state index contributed by atoms with van der Waals surface area (Å²) in [7, 11) is 0. The average molecular weight is 382 g/mol. The van der Waals surface area contributed by atoms with Crippen molar-refractivity contribution in [2.45, 2.75) is 58.6 Å². The van der Waals surface area contributed by atoms with E-state index in [0.717, 1.165) is 12.0 Å². The maximum absolute atomic E-state index is 12.5. The van der Waals surface area contributed by atoms with Crippen molar-refractivity contribution < 1.29 is 19.4 Å². The third kappa shape index (κ3) is 4.04. The van der Waals surface area contributed by atoms with Crippen molar-refractivity contribution >= 4 is 23.5 Å². The van der Waals surface area contributed by atoms with Crippen molar-refractivity contribution in [3.8, 4) is 0 Å². The molecule has 0 saturated heterocycles. The molecule has 2 N–H and O–H groups in total. The number of benzene rings is 1. The molecule has 1 saturated carbocycles. The molecule has 0 aromatic heterocycles. The monoisotopic (exact) mass is 381 g/mol. The molecule has 0 spiro atoms. The van der Waals surface area contributed by atoms with Gasteiger partial charge < -0.3 is 15.2 Å². The molecule has 1 amide bonds. The average Bonchev–Trinajstić information content (AvgIpc) is 2.55. The normalized spacial score (nSPS) is 25.2. The van der Waals surface area contributed by atoms with Gasteiger partial charge in [0.05, 0.1) is 6.10 Å². The fraction of sp³-hybridized carbons (Fsp3) is 0.600. The Balaban J connectivity index is 1.98. The molecule has 2 rings (SSSR count). The zero-order valence-electron chi connectivity index (χ0n) is 15.8. The van der Waals surface area contributed by atoms with Crippen LogP contribution in [0.1, 0.15) is 46.1 Å². The Morgan fingerprint density at radius 3 is 2.46 bits per heavy atom. The van der Waals surface area contributed by atoms with Gasteiger partial charge in [-0.25, -0.2) is 4.79 Å². The second kappa shape index (κ2) is 7.97. The first-order valence-corrected chi connectivity index (χ1v) is 9.40. The SMILES string of the molecule is CCOC1CC(NC(=O)CC(C)Cc2ccc(Cl)cc2)(C(=O)O)C1(C)C. The van der Waals surface area contributed by atoms with Crippen LogP contribution in [0.5, 0.6) is 0 Å². The highest BCUT2D eigenvalue weighted by Crippen LogP contribution is 2.51. The zero-order chi connectivity index (χ0) is 19.5. The summed E-state index contributed by atoms with van der Waals surface area (Å²) in [6, 6.07) is 7.54. The van der Waals surface area contributed by atoms with Crippen LogP contribution < -0.4 is 5.32 Å². The number of rotatable bonds is 8. The molecule has 3 atom stereocenters. The molecule has 3 unspecified atom stereocenters. The van der Waals surface area contributed by atoms with Gasteiger partial charge in [-0.15, -0.1) is 0 Å². The van der Waals surface area contributed by atoms with Gasteiger partial charge >= 0.3 is 5.97 Å². The van der Waals surface area contributed by atoms with E-state index in [9.17, 15) is 14.7 Å². The minimum Gasteiger partial charge on any atom is -0.479 e. The summed E-state index contributed by atoms with van der Waals surface area (Å²) in [5, 5.41) is 13.2. The lowest BCUT2D eigenvalue weighted by Gasteiger charge is -2.58. The number of halogens is 1. The molecule has 0 bridgehead atoms. The van der Waals surface area contributed by atoms with Gasteiger partial charge in [0.2, 0.25) is 5.91 Å². The first kappa shape index (κ1) is 20.7. The second-order valence-electron chi connectivity index (χ2n) is 7.77.